The van der Waals surface area contributed by atoms with Crippen LogP contribution < -0.4 is 0 Å². The number of sulfonamides is 1. The highest BCUT2D eigenvalue weighted by Crippen LogP contribution is 2.37. The molecule has 4 rings (SSSR count). The fraction of sp³-hybridized carbons (Fsp3) is 0.211. The number of rotatable bonds is 4. The van der Waals surface area contributed by atoms with Crippen molar-refractivity contribution in [3.05, 3.63) is 78.1 Å². The number of aromatic nitrogens is 2. The molecule has 5 nitrogen and oxygen atoms in total. The van der Waals surface area contributed by atoms with Crippen molar-refractivity contribution >= 4 is 10.0 Å². The lowest BCUT2D eigenvalue weighted by atomic mass is 10.1. The van der Waals surface area contributed by atoms with Gasteiger partial charge in [-0.1, -0.05) is 42.5 Å². The third-order valence-electron chi connectivity index (χ3n) is 4.80. The van der Waals surface area contributed by atoms with E-state index < -0.39 is 10.0 Å². The van der Waals surface area contributed by atoms with Crippen LogP contribution >= 0.6 is 0 Å². The number of benzene rings is 2. The second-order valence-corrected chi connectivity index (χ2v) is 8.23. The Labute approximate surface area is 147 Å². The van der Waals surface area contributed by atoms with Gasteiger partial charge in [0.05, 0.1) is 24.1 Å². The quantitative estimate of drug-likeness (QED) is 0.724. The van der Waals surface area contributed by atoms with E-state index in [1.165, 1.54) is 16.1 Å². The summed E-state index contributed by atoms with van der Waals surface area (Å²) in [5, 5.41) is 4.22. The lowest BCUT2D eigenvalue weighted by Gasteiger charge is -2.24. The zero-order valence-corrected chi connectivity index (χ0v) is 14.7. The Kier molecular flexibility index (Phi) is 3.94. The molecule has 2 aromatic carbocycles. The summed E-state index contributed by atoms with van der Waals surface area (Å²) in [5.41, 5.74) is 3.16. The highest BCUT2D eigenvalue weighted by atomic mass is 32.2. The van der Waals surface area contributed by atoms with Crippen molar-refractivity contribution in [2.24, 2.45) is 0 Å². The molecule has 0 fully saturated rings. The summed E-state index contributed by atoms with van der Waals surface area (Å²) in [5.74, 6) is 0. The monoisotopic (exact) mass is 353 g/mol. The molecular formula is C19H19N3O2S. The molecule has 0 spiro atoms. The van der Waals surface area contributed by atoms with Gasteiger partial charge in [-0.3, -0.25) is 0 Å². The van der Waals surface area contributed by atoms with Gasteiger partial charge in [-0.2, -0.15) is 9.40 Å². The fourth-order valence-corrected chi connectivity index (χ4v) is 4.71. The number of fused-ring (bicyclic) bond motifs is 1. The van der Waals surface area contributed by atoms with Gasteiger partial charge in [0.2, 0.25) is 10.0 Å². The SMILES string of the molecule is CN(C1CCc2ccccc21)S(=O)(=O)c1cnn(-c2ccccc2)c1. The number of nitrogens with zero attached hydrogens (tertiary/aromatic N) is 3. The van der Waals surface area contributed by atoms with E-state index in [1.807, 2.05) is 48.5 Å². The standard InChI is InChI=1S/C19H19N3O2S/c1-21(19-12-11-15-7-5-6-10-18(15)19)25(23,24)17-13-20-22(14-17)16-8-3-2-4-9-16/h2-10,13-14,19H,11-12H2,1H3. The summed E-state index contributed by atoms with van der Waals surface area (Å²) in [6.07, 6.45) is 4.70. The van der Waals surface area contributed by atoms with Crippen LogP contribution in [-0.4, -0.2) is 29.6 Å². The molecule has 0 saturated carbocycles. The molecule has 6 heteroatoms. The Balaban J connectivity index is 1.65. The number of aryl methyl sites for hydroxylation is 1. The summed E-state index contributed by atoms with van der Waals surface area (Å²) in [6.45, 7) is 0. The van der Waals surface area contributed by atoms with E-state index in [-0.39, 0.29) is 10.9 Å². The molecule has 0 saturated heterocycles. The van der Waals surface area contributed by atoms with Crippen molar-refractivity contribution in [1.29, 1.82) is 0 Å². The third-order valence-corrected chi connectivity index (χ3v) is 6.62. The summed E-state index contributed by atoms with van der Waals surface area (Å²) in [7, 11) is -1.95. The largest absolute Gasteiger partial charge is 0.246 e. The van der Waals surface area contributed by atoms with Crippen molar-refractivity contribution in [3.8, 4) is 5.69 Å². The van der Waals surface area contributed by atoms with E-state index in [1.54, 1.807) is 17.9 Å². The fourth-order valence-electron chi connectivity index (χ4n) is 3.41. The van der Waals surface area contributed by atoms with E-state index in [0.29, 0.717) is 0 Å². The van der Waals surface area contributed by atoms with Crippen LogP contribution in [0.15, 0.2) is 71.9 Å². The predicted octanol–water partition coefficient (Wildman–Crippen LogP) is 3.18. The van der Waals surface area contributed by atoms with Gasteiger partial charge in [0.25, 0.3) is 0 Å². The number of para-hydroxylation sites is 1. The van der Waals surface area contributed by atoms with Gasteiger partial charge >= 0.3 is 0 Å². The van der Waals surface area contributed by atoms with Crippen LogP contribution in [0, 0.1) is 0 Å². The van der Waals surface area contributed by atoms with Crippen molar-refractivity contribution in [3.63, 3.8) is 0 Å². The van der Waals surface area contributed by atoms with Crippen LogP contribution in [0.3, 0.4) is 0 Å². The van der Waals surface area contributed by atoms with Gasteiger partial charge in [0, 0.05) is 7.05 Å². The van der Waals surface area contributed by atoms with Gasteiger partial charge in [-0.25, -0.2) is 13.1 Å². The van der Waals surface area contributed by atoms with E-state index in [4.69, 9.17) is 0 Å². The average Bonchev–Trinajstić information content (AvgIpc) is 3.29. The van der Waals surface area contributed by atoms with E-state index in [9.17, 15) is 8.42 Å². The second-order valence-electron chi connectivity index (χ2n) is 6.23. The van der Waals surface area contributed by atoms with Gasteiger partial charge < -0.3 is 0 Å². The molecule has 0 bridgehead atoms. The number of hydrogen-bond donors (Lipinski definition) is 0. The highest BCUT2D eigenvalue weighted by Gasteiger charge is 2.34. The molecule has 0 amide bonds. The Morgan fingerprint density at radius 1 is 1.08 bits per heavy atom. The summed E-state index contributed by atoms with van der Waals surface area (Å²) in [4.78, 5) is 0.211. The molecule has 1 heterocycles. The topological polar surface area (TPSA) is 55.2 Å². The predicted molar refractivity (Wildman–Crippen MR) is 96.0 cm³/mol. The van der Waals surface area contributed by atoms with Crippen molar-refractivity contribution in [2.75, 3.05) is 7.05 Å². The molecule has 0 N–H and O–H groups in total. The average molecular weight is 353 g/mol. The first-order valence-corrected chi connectivity index (χ1v) is 9.67. The number of hydrogen-bond acceptors (Lipinski definition) is 3. The van der Waals surface area contributed by atoms with E-state index >= 15 is 0 Å². The first kappa shape index (κ1) is 16.1. The first-order valence-electron chi connectivity index (χ1n) is 8.23. The van der Waals surface area contributed by atoms with Crippen LogP contribution in [0.1, 0.15) is 23.6 Å². The third kappa shape index (κ3) is 2.77. The van der Waals surface area contributed by atoms with Gasteiger partial charge in [-0.05, 0) is 36.1 Å². The molecule has 128 valence electrons. The zero-order valence-electron chi connectivity index (χ0n) is 13.9. The minimum atomic E-state index is -3.60. The lowest BCUT2D eigenvalue weighted by Crippen LogP contribution is -2.30. The second kappa shape index (κ2) is 6.13. The minimum Gasteiger partial charge on any atom is -0.240 e. The van der Waals surface area contributed by atoms with E-state index in [2.05, 4.69) is 11.2 Å². The Morgan fingerprint density at radius 3 is 2.60 bits per heavy atom. The highest BCUT2D eigenvalue weighted by molar-refractivity contribution is 7.89. The smallest absolute Gasteiger partial charge is 0.240 e. The normalized spacial score (nSPS) is 17.0. The molecule has 1 unspecified atom stereocenters. The van der Waals surface area contributed by atoms with Crippen molar-refractivity contribution in [1.82, 2.24) is 14.1 Å². The molecular weight excluding hydrogens is 334 g/mol. The van der Waals surface area contributed by atoms with Crippen LogP contribution in [0.5, 0.6) is 0 Å². The van der Waals surface area contributed by atoms with Crippen molar-refractivity contribution in [2.45, 2.75) is 23.8 Å². The maximum atomic E-state index is 13.0. The van der Waals surface area contributed by atoms with Crippen molar-refractivity contribution < 1.29 is 8.42 Å². The minimum absolute atomic E-state index is 0.124. The van der Waals surface area contributed by atoms with E-state index in [0.717, 1.165) is 24.1 Å². The molecule has 0 radical (unpaired) electrons. The Hall–Kier alpha value is -2.44. The maximum Gasteiger partial charge on any atom is 0.246 e. The molecule has 1 aromatic heterocycles. The molecule has 1 atom stereocenters. The van der Waals surface area contributed by atoms with Crippen LogP contribution in [0.4, 0.5) is 0 Å². The molecule has 0 aliphatic heterocycles. The Morgan fingerprint density at radius 2 is 1.80 bits per heavy atom. The summed E-state index contributed by atoms with van der Waals surface area (Å²) < 4.78 is 29.2. The maximum absolute atomic E-state index is 13.0. The molecule has 3 aromatic rings. The zero-order chi connectivity index (χ0) is 17.4. The summed E-state index contributed by atoms with van der Waals surface area (Å²) >= 11 is 0. The van der Waals surface area contributed by atoms with Crippen LogP contribution in [0.2, 0.25) is 0 Å². The van der Waals surface area contributed by atoms with Gasteiger partial charge in [0.1, 0.15) is 4.90 Å². The lowest BCUT2D eigenvalue weighted by molar-refractivity contribution is 0.374. The van der Waals surface area contributed by atoms with Crippen LogP contribution in [0.25, 0.3) is 5.69 Å². The van der Waals surface area contributed by atoms with Crippen LogP contribution in [-0.2, 0) is 16.4 Å². The molecule has 1 aliphatic carbocycles. The Bertz CT molecular complexity index is 996. The van der Waals surface area contributed by atoms with Gasteiger partial charge in [-0.15, -0.1) is 0 Å². The molecule has 1 aliphatic rings. The van der Waals surface area contributed by atoms with Gasteiger partial charge in [0.15, 0.2) is 0 Å². The summed E-state index contributed by atoms with van der Waals surface area (Å²) in [6, 6.07) is 17.4. The molecule has 25 heavy (non-hydrogen) atoms. The first-order chi connectivity index (χ1) is 12.1.